The average molecular weight is 331 g/mol. The number of aromatic nitrogens is 1. The number of hydrogen-bond donors (Lipinski definition) is 1. The number of benzene rings is 1. The molecule has 1 atom stereocenters. The number of carbonyl (C=O) groups excluding carboxylic acids is 1. The van der Waals surface area contributed by atoms with Crippen molar-refractivity contribution >= 4 is 23.1 Å². The van der Waals surface area contributed by atoms with Crippen LogP contribution in [0.4, 0.5) is 5.69 Å². The van der Waals surface area contributed by atoms with Crippen LogP contribution in [-0.4, -0.2) is 37.0 Å². The third kappa shape index (κ3) is 3.64. The Morgan fingerprint density at radius 3 is 3.13 bits per heavy atom. The predicted molar refractivity (Wildman–Crippen MR) is 92.5 cm³/mol. The molecule has 1 aliphatic heterocycles. The van der Waals surface area contributed by atoms with Gasteiger partial charge in [-0.05, 0) is 42.9 Å². The second kappa shape index (κ2) is 7.00. The summed E-state index contributed by atoms with van der Waals surface area (Å²) >= 11 is 1.32. The summed E-state index contributed by atoms with van der Waals surface area (Å²) in [6, 6.07) is 8.12. The number of nitrogens with zero attached hydrogens (tertiary/aromatic N) is 2. The largest absolute Gasteiger partial charge is 0.497 e. The molecule has 5 nitrogen and oxygen atoms in total. The van der Waals surface area contributed by atoms with Crippen molar-refractivity contribution < 1.29 is 9.53 Å². The summed E-state index contributed by atoms with van der Waals surface area (Å²) in [5.74, 6) is 1.33. The molecule has 3 rings (SSSR count). The monoisotopic (exact) mass is 331 g/mol. The molecule has 0 bridgehead atoms. The van der Waals surface area contributed by atoms with Gasteiger partial charge in [0.05, 0.1) is 18.4 Å². The average Bonchev–Trinajstić information content (AvgIpc) is 3.21. The second-order valence-electron chi connectivity index (χ2n) is 5.83. The predicted octanol–water partition coefficient (Wildman–Crippen LogP) is 2.72. The van der Waals surface area contributed by atoms with Crippen molar-refractivity contribution in [2.75, 3.05) is 31.6 Å². The van der Waals surface area contributed by atoms with Crippen molar-refractivity contribution in [3.63, 3.8) is 0 Å². The lowest BCUT2D eigenvalue weighted by Gasteiger charge is -2.19. The molecular weight excluding hydrogens is 310 g/mol. The van der Waals surface area contributed by atoms with Gasteiger partial charge in [-0.1, -0.05) is 6.07 Å². The fourth-order valence-corrected chi connectivity index (χ4v) is 3.58. The third-order valence-corrected chi connectivity index (χ3v) is 4.97. The van der Waals surface area contributed by atoms with E-state index in [0.717, 1.165) is 31.0 Å². The topological polar surface area (TPSA) is 54.5 Å². The zero-order chi connectivity index (χ0) is 16.2. The molecule has 2 heterocycles. The molecule has 1 unspecified atom stereocenters. The number of nitrogens with one attached hydrogen (secondary N) is 1. The summed E-state index contributed by atoms with van der Waals surface area (Å²) in [7, 11) is 1.68. The third-order valence-electron chi connectivity index (χ3n) is 4.25. The van der Waals surface area contributed by atoms with Crippen molar-refractivity contribution in [2.45, 2.75) is 13.3 Å². The van der Waals surface area contributed by atoms with Gasteiger partial charge in [0.15, 0.2) is 0 Å². The van der Waals surface area contributed by atoms with Gasteiger partial charge in [0, 0.05) is 36.8 Å². The molecule has 1 saturated heterocycles. The zero-order valence-electron chi connectivity index (χ0n) is 13.4. The Morgan fingerprint density at radius 1 is 1.52 bits per heavy atom. The van der Waals surface area contributed by atoms with Crippen LogP contribution in [0.5, 0.6) is 5.75 Å². The summed E-state index contributed by atoms with van der Waals surface area (Å²) in [6.45, 7) is 4.53. The molecule has 1 aromatic carbocycles. The molecule has 0 saturated carbocycles. The van der Waals surface area contributed by atoms with Crippen LogP contribution in [0.3, 0.4) is 0 Å². The lowest BCUT2D eigenvalue weighted by molar-refractivity contribution is 0.0948. The van der Waals surface area contributed by atoms with Crippen LogP contribution in [0.2, 0.25) is 0 Å². The van der Waals surface area contributed by atoms with Gasteiger partial charge in [-0.3, -0.25) is 4.79 Å². The Kier molecular flexibility index (Phi) is 4.81. The van der Waals surface area contributed by atoms with Crippen molar-refractivity contribution in [1.82, 2.24) is 9.69 Å². The minimum absolute atomic E-state index is 0.0175. The van der Waals surface area contributed by atoms with E-state index in [0.29, 0.717) is 18.0 Å². The molecule has 1 amide bonds. The molecule has 1 N–H and O–H groups in total. The van der Waals surface area contributed by atoms with Crippen LogP contribution in [-0.2, 0) is 0 Å². The number of methoxy groups -OCH3 is 1. The molecule has 23 heavy (non-hydrogen) atoms. The molecule has 1 aliphatic rings. The normalized spacial score (nSPS) is 17.3. The molecular formula is C17H21N3O2S. The Hall–Kier alpha value is -2.08. The summed E-state index contributed by atoms with van der Waals surface area (Å²) in [4.78, 5) is 14.5. The van der Waals surface area contributed by atoms with Gasteiger partial charge in [0.1, 0.15) is 5.75 Å². The van der Waals surface area contributed by atoms with Gasteiger partial charge in [-0.2, -0.15) is 4.37 Å². The van der Waals surface area contributed by atoms with E-state index in [2.05, 4.69) is 26.7 Å². The van der Waals surface area contributed by atoms with E-state index < -0.39 is 0 Å². The molecule has 0 spiro atoms. The van der Waals surface area contributed by atoms with Crippen molar-refractivity contribution in [1.29, 1.82) is 0 Å². The van der Waals surface area contributed by atoms with Crippen LogP contribution < -0.4 is 15.0 Å². The fourth-order valence-electron chi connectivity index (χ4n) is 2.88. The van der Waals surface area contributed by atoms with Crippen molar-refractivity contribution in [3.8, 4) is 5.75 Å². The highest BCUT2D eigenvalue weighted by atomic mass is 32.1. The first-order chi connectivity index (χ1) is 11.2. The van der Waals surface area contributed by atoms with Crippen LogP contribution in [0.25, 0.3) is 0 Å². The molecule has 1 aromatic heterocycles. The highest BCUT2D eigenvalue weighted by molar-refractivity contribution is 7.03. The van der Waals surface area contributed by atoms with Gasteiger partial charge >= 0.3 is 0 Å². The number of rotatable bonds is 5. The quantitative estimate of drug-likeness (QED) is 0.915. The first-order valence-corrected chi connectivity index (χ1v) is 8.59. The van der Waals surface area contributed by atoms with E-state index in [-0.39, 0.29) is 5.91 Å². The summed E-state index contributed by atoms with van der Waals surface area (Å²) < 4.78 is 9.43. The number of hydrogen-bond acceptors (Lipinski definition) is 5. The summed E-state index contributed by atoms with van der Waals surface area (Å²) in [5.41, 5.74) is 2.67. The van der Waals surface area contributed by atoms with E-state index >= 15 is 0 Å². The summed E-state index contributed by atoms with van der Waals surface area (Å²) in [5, 5.41) is 4.85. The van der Waals surface area contributed by atoms with Gasteiger partial charge in [-0.25, -0.2) is 0 Å². The van der Waals surface area contributed by atoms with Gasteiger partial charge < -0.3 is 15.0 Å². The minimum atomic E-state index is -0.0175. The molecule has 0 radical (unpaired) electrons. The van der Waals surface area contributed by atoms with Crippen LogP contribution in [0.1, 0.15) is 22.5 Å². The van der Waals surface area contributed by atoms with E-state index in [1.807, 2.05) is 24.4 Å². The lowest BCUT2D eigenvalue weighted by atomic mass is 10.1. The maximum absolute atomic E-state index is 12.1. The number of anilines is 1. The Labute approximate surface area is 140 Å². The van der Waals surface area contributed by atoms with E-state index in [4.69, 9.17) is 4.74 Å². The second-order valence-corrected chi connectivity index (χ2v) is 6.45. The first kappa shape index (κ1) is 15.8. The molecule has 0 aliphatic carbocycles. The molecule has 122 valence electrons. The summed E-state index contributed by atoms with van der Waals surface area (Å²) in [6.07, 6.45) is 1.08. The van der Waals surface area contributed by atoms with E-state index in [1.54, 1.807) is 7.11 Å². The van der Waals surface area contributed by atoms with E-state index in [1.165, 1.54) is 17.2 Å². The number of amides is 1. The molecule has 2 aromatic rings. The van der Waals surface area contributed by atoms with Crippen molar-refractivity contribution in [2.24, 2.45) is 5.92 Å². The standard InChI is InChI=1S/C17H21N3O2S/c1-12-16(11-23-19-12)17(21)18-9-13-6-7-20(10-13)14-4-3-5-15(8-14)22-2/h3-5,8,11,13H,6-7,9-10H2,1-2H3,(H,18,21). The number of aryl methyl sites for hydroxylation is 1. The minimum Gasteiger partial charge on any atom is -0.497 e. The van der Waals surface area contributed by atoms with Gasteiger partial charge in [0.2, 0.25) is 0 Å². The fraction of sp³-hybridized carbons (Fsp3) is 0.412. The Morgan fingerprint density at radius 2 is 2.39 bits per heavy atom. The SMILES string of the molecule is COc1cccc(N2CCC(CNC(=O)c3csnc3C)C2)c1. The number of carbonyl (C=O) groups is 1. The Balaban J connectivity index is 1.54. The van der Waals surface area contributed by atoms with Gasteiger partial charge in [-0.15, -0.1) is 0 Å². The Bertz CT molecular complexity index is 686. The molecule has 1 fully saturated rings. The highest BCUT2D eigenvalue weighted by Crippen LogP contribution is 2.26. The molecule has 6 heteroatoms. The zero-order valence-corrected chi connectivity index (χ0v) is 14.2. The first-order valence-electron chi connectivity index (χ1n) is 7.75. The number of ether oxygens (including phenoxy) is 1. The highest BCUT2D eigenvalue weighted by Gasteiger charge is 2.24. The maximum atomic E-state index is 12.1. The van der Waals surface area contributed by atoms with Crippen molar-refractivity contribution in [3.05, 3.63) is 40.9 Å². The van der Waals surface area contributed by atoms with Crippen LogP contribution in [0.15, 0.2) is 29.6 Å². The van der Waals surface area contributed by atoms with Crippen LogP contribution in [0, 0.1) is 12.8 Å². The van der Waals surface area contributed by atoms with Gasteiger partial charge in [0.25, 0.3) is 5.91 Å². The maximum Gasteiger partial charge on any atom is 0.254 e. The van der Waals surface area contributed by atoms with E-state index in [9.17, 15) is 4.79 Å². The smallest absolute Gasteiger partial charge is 0.254 e. The van der Waals surface area contributed by atoms with Crippen LogP contribution >= 0.6 is 11.5 Å². The lowest BCUT2D eigenvalue weighted by Crippen LogP contribution is -2.31.